The van der Waals surface area contributed by atoms with Crippen LogP contribution in [0, 0.1) is 0 Å². The topological polar surface area (TPSA) is 63.2 Å². The van der Waals surface area contributed by atoms with Gasteiger partial charge in [0.05, 0.1) is 7.11 Å². The molecule has 5 nitrogen and oxygen atoms in total. The minimum atomic E-state index is -0.227. The van der Waals surface area contributed by atoms with Crippen LogP contribution >= 0.6 is 11.6 Å². The Bertz CT molecular complexity index is 882. The number of rotatable bonds is 5. The molecule has 6 heteroatoms. The van der Waals surface area contributed by atoms with E-state index >= 15 is 0 Å². The van der Waals surface area contributed by atoms with Crippen molar-refractivity contribution in [1.82, 2.24) is 4.98 Å². The summed E-state index contributed by atoms with van der Waals surface area (Å²) in [6.45, 7) is 0. The van der Waals surface area contributed by atoms with Crippen molar-refractivity contribution in [3.63, 3.8) is 0 Å². The molecule has 0 fully saturated rings. The summed E-state index contributed by atoms with van der Waals surface area (Å²) in [6, 6.07) is 17.8. The Kier molecular flexibility index (Phi) is 5.16. The van der Waals surface area contributed by atoms with Crippen molar-refractivity contribution < 1.29 is 9.53 Å². The van der Waals surface area contributed by atoms with Crippen molar-refractivity contribution in [1.29, 1.82) is 0 Å². The maximum absolute atomic E-state index is 12.4. The molecule has 0 atom stereocenters. The molecule has 0 saturated carbocycles. The van der Waals surface area contributed by atoms with E-state index in [1.54, 1.807) is 49.7 Å². The van der Waals surface area contributed by atoms with Gasteiger partial charge in [0.25, 0.3) is 5.91 Å². The molecular formula is C19H16ClN3O2. The lowest BCUT2D eigenvalue weighted by molar-refractivity contribution is 0.102. The lowest BCUT2D eigenvalue weighted by Crippen LogP contribution is -2.12. The number of carbonyl (C=O) groups is 1. The number of amides is 1. The maximum Gasteiger partial charge on any atom is 0.255 e. The molecule has 0 unspecified atom stereocenters. The molecule has 0 saturated heterocycles. The van der Waals surface area contributed by atoms with Gasteiger partial charge in [0, 0.05) is 34.2 Å². The van der Waals surface area contributed by atoms with E-state index in [2.05, 4.69) is 15.6 Å². The fourth-order valence-corrected chi connectivity index (χ4v) is 2.35. The van der Waals surface area contributed by atoms with Gasteiger partial charge < -0.3 is 15.4 Å². The first-order valence-electron chi connectivity index (χ1n) is 7.58. The first kappa shape index (κ1) is 16.8. The van der Waals surface area contributed by atoms with Gasteiger partial charge in [-0.15, -0.1) is 0 Å². The van der Waals surface area contributed by atoms with Crippen LogP contribution in [0.2, 0.25) is 5.02 Å². The Morgan fingerprint density at radius 2 is 1.84 bits per heavy atom. The van der Waals surface area contributed by atoms with Crippen molar-refractivity contribution in [3.05, 3.63) is 77.4 Å². The van der Waals surface area contributed by atoms with Gasteiger partial charge in [0.15, 0.2) is 0 Å². The van der Waals surface area contributed by atoms with E-state index in [1.807, 2.05) is 24.3 Å². The number of aromatic nitrogens is 1. The zero-order valence-corrected chi connectivity index (χ0v) is 14.2. The maximum atomic E-state index is 12.4. The molecule has 2 N–H and O–H groups in total. The zero-order chi connectivity index (χ0) is 17.6. The van der Waals surface area contributed by atoms with Crippen LogP contribution in [0.15, 0.2) is 66.9 Å². The fourth-order valence-electron chi connectivity index (χ4n) is 2.23. The molecule has 0 radical (unpaired) electrons. The van der Waals surface area contributed by atoms with Gasteiger partial charge >= 0.3 is 0 Å². The molecule has 3 rings (SSSR count). The van der Waals surface area contributed by atoms with Gasteiger partial charge in [-0.25, -0.2) is 4.98 Å². The number of ether oxygens (including phenoxy) is 1. The molecule has 2 aromatic carbocycles. The highest BCUT2D eigenvalue weighted by molar-refractivity contribution is 6.30. The second-order valence-corrected chi connectivity index (χ2v) is 5.68. The quantitative estimate of drug-likeness (QED) is 0.695. The average molecular weight is 354 g/mol. The van der Waals surface area contributed by atoms with E-state index in [-0.39, 0.29) is 5.91 Å². The number of nitrogens with one attached hydrogen (secondary N) is 2. The molecule has 1 amide bonds. The van der Waals surface area contributed by atoms with Crippen LogP contribution in [0.5, 0.6) is 5.75 Å². The SMILES string of the molecule is COc1cccc(NC(=O)c2ccnc(Nc3ccc(Cl)cc3)c2)c1. The second-order valence-electron chi connectivity index (χ2n) is 5.25. The monoisotopic (exact) mass is 353 g/mol. The molecule has 0 aliphatic heterocycles. The Balaban J connectivity index is 1.73. The fraction of sp³-hybridized carbons (Fsp3) is 0.0526. The van der Waals surface area contributed by atoms with Crippen LogP contribution in [-0.4, -0.2) is 18.0 Å². The van der Waals surface area contributed by atoms with Crippen LogP contribution < -0.4 is 15.4 Å². The summed E-state index contributed by atoms with van der Waals surface area (Å²) >= 11 is 5.87. The molecule has 126 valence electrons. The minimum absolute atomic E-state index is 0.227. The standard InChI is InChI=1S/C19H16ClN3O2/c1-25-17-4-2-3-16(12-17)23-19(24)13-9-10-21-18(11-13)22-15-7-5-14(20)6-8-15/h2-12H,1H3,(H,21,22)(H,23,24). The largest absolute Gasteiger partial charge is 0.497 e. The van der Waals surface area contributed by atoms with Crippen LogP contribution in [-0.2, 0) is 0 Å². The van der Waals surface area contributed by atoms with E-state index in [4.69, 9.17) is 16.3 Å². The Hall–Kier alpha value is -3.05. The summed E-state index contributed by atoms with van der Waals surface area (Å²) in [5.41, 5.74) is 1.99. The molecule has 0 bridgehead atoms. The first-order valence-corrected chi connectivity index (χ1v) is 7.96. The van der Waals surface area contributed by atoms with Crippen molar-refractivity contribution in [3.8, 4) is 5.75 Å². The number of anilines is 3. The van der Waals surface area contributed by atoms with Gasteiger partial charge in [-0.1, -0.05) is 17.7 Å². The summed E-state index contributed by atoms with van der Waals surface area (Å²) in [5, 5.41) is 6.64. The summed E-state index contributed by atoms with van der Waals surface area (Å²) in [5.74, 6) is 1.02. The summed E-state index contributed by atoms with van der Waals surface area (Å²) in [7, 11) is 1.58. The van der Waals surface area contributed by atoms with Crippen LogP contribution in [0.25, 0.3) is 0 Å². The van der Waals surface area contributed by atoms with Crippen LogP contribution in [0.1, 0.15) is 10.4 Å². The number of benzene rings is 2. The summed E-state index contributed by atoms with van der Waals surface area (Å²) in [4.78, 5) is 16.7. The smallest absolute Gasteiger partial charge is 0.255 e. The van der Waals surface area contributed by atoms with E-state index < -0.39 is 0 Å². The minimum Gasteiger partial charge on any atom is -0.497 e. The third kappa shape index (κ3) is 4.49. The number of hydrogen-bond acceptors (Lipinski definition) is 4. The average Bonchev–Trinajstić information content (AvgIpc) is 2.64. The highest BCUT2D eigenvalue weighted by Crippen LogP contribution is 2.20. The zero-order valence-electron chi connectivity index (χ0n) is 13.5. The lowest BCUT2D eigenvalue weighted by atomic mass is 10.2. The van der Waals surface area contributed by atoms with Crippen molar-refractivity contribution in [2.75, 3.05) is 17.7 Å². The van der Waals surface area contributed by atoms with E-state index in [0.29, 0.717) is 27.8 Å². The molecule has 1 heterocycles. The molecule has 25 heavy (non-hydrogen) atoms. The van der Waals surface area contributed by atoms with Gasteiger partial charge in [-0.3, -0.25) is 4.79 Å². The van der Waals surface area contributed by atoms with Crippen LogP contribution in [0.3, 0.4) is 0 Å². The van der Waals surface area contributed by atoms with Crippen molar-refractivity contribution in [2.45, 2.75) is 0 Å². The predicted molar refractivity (Wildman–Crippen MR) is 99.9 cm³/mol. The third-order valence-electron chi connectivity index (χ3n) is 3.47. The van der Waals surface area contributed by atoms with Gasteiger partial charge in [0.2, 0.25) is 0 Å². The third-order valence-corrected chi connectivity index (χ3v) is 3.72. The molecule has 0 aliphatic carbocycles. The number of nitrogens with zero attached hydrogens (tertiary/aromatic N) is 1. The van der Waals surface area contributed by atoms with Gasteiger partial charge in [0.1, 0.15) is 11.6 Å². The predicted octanol–water partition coefficient (Wildman–Crippen LogP) is 4.74. The van der Waals surface area contributed by atoms with Gasteiger partial charge in [-0.05, 0) is 48.5 Å². The number of halogens is 1. The second kappa shape index (κ2) is 7.68. The highest BCUT2D eigenvalue weighted by Gasteiger charge is 2.08. The molecular weight excluding hydrogens is 338 g/mol. The van der Waals surface area contributed by atoms with Crippen molar-refractivity contribution in [2.24, 2.45) is 0 Å². The lowest BCUT2D eigenvalue weighted by Gasteiger charge is -2.09. The number of carbonyl (C=O) groups excluding carboxylic acids is 1. The molecule has 3 aromatic rings. The number of hydrogen-bond donors (Lipinski definition) is 2. The normalized spacial score (nSPS) is 10.2. The van der Waals surface area contributed by atoms with Crippen LogP contribution in [0.4, 0.5) is 17.2 Å². The van der Waals surface area contributed by atoms with E-state index in [1.165, 1.54) is 0 Å². The first-order chi connectivity index (χ1) is 12.1. The number of methoxy groups -OCH3 is 1. The number of pyridine rings is 1. The molecule has 0 spiro atoms. The highest BCUT2D eigenvalue weighted by atomic mass is 35.5. The molecule has 0 aliphatic rings. The van der Waals surface area contributed by atoms with E-state index in [9.17, 15) is 4.79 Å². The molecule has 1 aromatic heterocycles. The summed E-state index contributed by atoms with van der Waals surface area (Å²) < 4.78 is 5.16. The Morgan fingerprint density at radius 3 is 2.60 bits per heavy atom. The van der Waals surface area contributed by atoms with Gasteiger partial charge in [-0.2, -0.15) is 0 Å². The Morgan fingerprint density at radius 1 is 1.04 bits per heavy atom. The van der Waals surface area contributed by atoms with Crippen molar-refractivity contribution >= 4 is 34.7 Å². The Labute approximate surface area is 150 Å². The summed E-state index contributed by atoms with van der Waals surface area (Å²) in [6.07, 6.45) is 1.58. The van der Waals surface area contributed by atoms with E-state index in [0.717, 1.165) is 5.69 Å².